The Morgan fingerprint density at radius 3 is 1.96 bits per heavy atom. The van der Waals surface area contributed by atoms with E-state index in [-0.39, 0.29) is 24.9 Å². The molecular weight excluding hydrogens is 566 g/mol. The number of alkyl carbamates (subject to hydrolysis) is 1. The standard InChI is InChI=1S/C37H39N3O5/c1-37(2,3)45-36(43)39-27-19-17-26(18-20-27)23-38-34(41)22-28(21-25-11-5-4-6-12-25)40-35(42)44-24-33-31-15-9-7-13-29(31)30-14-8-10-16-32(30)33/h4-20,28,33H,21-24H2,1-3H3,(H,38,41)(H,39,43)(H,40,42)/t28-/m1/s1. The SMILES string of the molecule is CC(C)(C)OC(=O)Nc1ccc(CNC(=O)C[C@@H](Cc2ccccc2)NC(=O)OCC2c3ccccc3-c3ccccc32)cc1. The molecule has 45 heavy (non-hydrogen) atoms. The normalized spacial score (nSPS) is 12.8. The molecule has 1 aliphatic rings. The molecule has 0 heterocycles. The summed E-state index contributed by atoms with van der Waals surface area (Å²) in [6.45, 7) is 5.90. The van der Waals surface area contributed by atoms with Crippen LogP contribution >= 0.6 is 0 Å². The highest BCUT2D eigenvalue weighted by atomic mass is 16.6. The van der Waals surface area contributed by atoms with Gasteiger partial charge in [-0.25, -0.2) is 9.59 Å². The lowest BCUT2D eigenvalue weighted by Crippen LogP contribution is -2.41. The average molecular weight is 606 g/mol. The Hall–Kier alpha value is -5.11. The van der Waals surface area contributed by atoms with Gasteiger partial charge in [-0.2, -0.15) is 0 Å². The van der Waals surface area contributed by atoms with Crippen molar-refractivity contribution in [1.82, 2.24) is 10.6 Å². The third kappa shape index (κ3) is 8.72. The first-order valence-corrected chi connectivity index (χ1v) is 15.2. The highest BCUT2D eigenvalue weighted by Gasteiger charge is 2.29. The molecule has 0 aliphatic heterocycles. The van der Waals surface area contributed by atoms with Gasteiger partial charge in [-0.3, -0.25) is 10.1 Å². The molecule has 3 N–H and O–H groups in total. The van der Waals surface area contributed by atoms with Crippen molar-refractivity contribution in [2.45, 2.75) is 57.7 Å². The van der Waals surface area contributed by atoms with Gasteiger partial charge in [0, 0.05) is 30.6 Å². The maximum absolute atomic E-state index is 13.1. The lowest BCUT2D eigenvalue weighted by Gasteiger charge is -2.20. The molecule has 1 aliphatic carbocycles. The Morgan fingerprint density at radius 2 is 1.33 bits per heavy atom. The quantitative estimate of drug-likeness (QED) is 0.177. The van der Waals surface area contributed by atoms with Crippen LogP contribution in [0, 0.1) is 0 Å². The van der Waals surface area contributed by atoms with E-state index in [4.69, 9.17) is 9.47 Å². The Labute approximate surface area is 264 Å². The average Bonchev–Trinajstić information content (AvgIpc) is 3.33. The van der Waals surface area contributed by atoms with Crippen molar-refractivity contribution in [2.24, 2.45) is 0 Å². The van der Waals surface area contributed by atoms with Gasteiger partial charge in [0.1, 0.15) is 12.2 Å². The summed E-state index contributed by atoms with van der Waals surface area (Å²) in [5, 5.41) is 8.56. The van der Waals surface area contributed by atoms with Crippen molar-refractivity contribution >= 4 is 23.8 Å². The zero-order valence-corrected chi connectivity index (χ0v) is 25.8. The highest BCUT2D eigenvalue weighted by molar-refractivity contribution is 5.85. The van der Waals surface area contributed by atoms with Gasteiger partial charge in [0.2, 0.25) is 5.91 Å². The van der Waals surface area contributed by atoms with E-state index in [9.17, 15) is 14.4 Å². The van der Waals surface area contributed by atoms with Crippen LogP contribution in [0.25, 0.3) is 11.1 Å². The van der Waals surface area contributed by atoms with Crippen molar-refractivity contribution in [2.75, 3.05) is 11.9 Å². The van der Waals surface area contributed by atoms with Crippen LogP contribution in [0.1, 0.15) is 55.4 Å². The smallest absolute Gasteiger partial charge is 0.412 e. The molecule has 5 rings (SSSR count). The van der Waals surface area contributed by atoms with Gasteiger partial charge in [0.15, 0.2) is 0 Å². The minimum Gasteiger partial charge on any atom is -0.449 e. The Kier molecular flexibility index (Phi) is 9.82. The fourth-order valence-electron chi connectivity index (χ4n) is 5.50. The molecule has 0 bridgehead atoms. The number of ether oxygens (including phenoxy) is 2. The monoisotopic (exact) mass is 605 g/mol. The third-order valence-corrected chi connectivity index (χ3v) is 7.51. The minimum atomic E-state index is -0.591. The fourth-order valence-corrected chi connectivity index (χ4v) is 5.50. The molecule has 0 spiro atoms. The van der Waals surface area contributed by atoms with E-state index in [1.165, 1.54) is 0 Å². The van der Waals surface area contributed by atoms with Gasteiger partial charge in [0.05, 0.1) is 0 Å². The van der Waals surface area contributed by atoms with Crippen molar-refractivity contribution in [3.63, 3.8) is 0 Å². The van der Waals surface area contributed by atoms with Crippen LogP contribution < -0.4 is 16.0 Å². The largest absolute Gasteiger partial charge is 0.449 e. The van der Waals surface area contributed by atoms with E-state index in [1.54, 1.807) is 32.9 Å². The zero-order chi connectivity index (χ0) is 31.8. The topological polar surface area (TPSA) is 106 Å². The molecule has 0 unspecified atom stereocenters. The number of fused-ring (bicyclic) bond motifs is 3. The number of anilines is 1. The fraction of sp³-hybridized carbons (Fsp3) is 0.270. The second kappa shape index (κ2) is 14.1. The van der Waals surface area contributed by atoms with E-state index in [1.807, 2.05) is 66.7 Å². The van der Waals surface area contributed by atoms with Crippen molar-refractivity contribution < 1.29 is 23.9 Å². The number of carbonyl (C=O) groups excluding carboxylic acids is 3. The van der Waals surface area contributed by atoms with E-state index in [2.05, 4.69) is 40.2 Å². The maximum Gasteiger partial charge on any atom is 0.412 e. The molecule has 4 aromatic rings. The van der Waals surface area contributed by atoms with E-state index >= 15 is 0 Å². The lowest BCUT2D eigenvalue weighted by atomic mass is 9.98. The number of benzene rings is 4. The molecule has 0 saturated carbocycles. The van der Waals surface area contributed by atoms with Gasteiger partial charge in [-0.1, -0.05) is 91.0 Å². The van der Waals surface area contributed by atoms with Crippen LogP contribution in [0.15, 0.2) is 103 Å². The van der Waals surface area contributed by atoms with Gasteiger partial charge in [0.25, 0.3) is 0 Å². The Balaban J connectivity index is 1.16. The number of amides is 3. The number of carbonyl (C=O) groups is 3. The van der Waals surface area contributed by atoms with Crippen LogP contribution in [-0.2, 0) is 27.2 Å². The summed E-state index contributed by atoms with van der Waals surface area (Å²) in [5.41, 5.74) is 6.47. The van der Waals surface area contributed by atoms with Crippen LogP contribution in [0.2, 0.25) is 0 Å². The second-order valence-corrected chi connectivity index (χ2v) is 12.2. The van der Waals surface area contributed by atoms with Crippen LogP contribution in [0.5, 0.6) is 0 Å². The molecule has 3 amide bonds. The predicted octanol–water partition coefficient (Wildman–Crippen LogP) is 7.19. The summed E-state index contributed by atoms with van der Waals surface area (Å²) >= 11 is 0. The molecule has 8 heteroatoms. The summed E-state index contributed by atoms with van der Waals surface area (Å²) in [6, 6.07) is 32.8. The molecule has 0 saturated heterocycles. The van der Waals surface area contributed by atoms with Gasteiger partial charge in [-0.05, 0) is 72.7 Å². The zero-order valence-electron chi connectivity index (χ0n) is 25.8. The first-order valence-electron chi connectivity index (χ1n) is 15.2. The molecule has 0 fully saturated rings. The highest BCUT2D eigenvalue weighted by Crippen LogP contribution is 2.44. The summed E-state index contributed by atoms with van der Waals surface area (Å²) in [6.07, 6.45) is -0.531. The van der Waals surface area contributed by atoms with Crippen LogP contribution in [0.4, 0.5) is 15.3 Å². The molecule has 0 radical (unpaired) electrons. The first kappa shape index (κ1) is 31.3. The van der Waals surface area contributed by atoms with Crippen LogP contribution in [0.3, 0.4) is 0 Å². The summed E-state index contributed by atoms with van der Waals surface area (Å²) < 4.78 is 11.0. The van der Waals surface area contributed by atoms with Gasteiger partial charge >= 0.3 is 12.2 Å². The Bertz CT molecular complexity index is 1580. The minimum absolute atomic E-state index is 0.0512. The summed E-state index contributed by atoms with van der Waals surface area (Å²) in [4.78, 5) is 38.1. The molecule has 1 atom stereocenters. The van der Waals surface area contributed by atoms with E-state index in [0.29, 0.717) is 18.7 Å². The number of hydrogen-bond acceptors (Lipinski definition) is 5. The second-order valence-electron chi connectivity index (χ2n) is 12.2. The van der Waals surface area contributed by atoms with Crippen molar-refractivity contribution in [3.8, 4) is 11.1 Å². The van der Waals surface area contributed by atoms with Gasteiger partial charge in [-0.15, -0.1) is 0 Å². The summed E-state index contributed by atoms with van der Waals surface area (Å²) in [5.74, 6) is -0.254. The Morgan fingerprint density at radius 1 is 0.733 bits per heavy atom. The third-order valence-electron chi connectivity index (χ3n) is 7.51. The molecule has 232 valence electrons. The van der Waals surface area contributed by atoms with E-state index < -0.39 is 23.8 Å². The maximum atomic E-state index is 13.1. The van der Waals surface area contributed by atoms with Gasteiger partial charge < -0.3 is 20.1 Å². The van der Waals surface area contributed by atoms with E-state index in [0.717, 1.165) is 33.4 Å². The lowest BCUT2D eigenvalue weighted by molar-refractivity contribution is -0.121. The molecule has 8 nitrogen and oxygen atoms in total. The predicted molar refractivity (Wildman–Crippen MR) is 175 cm³/mol. The van der Waals surface area contributed by atoms with Crippen LogP contribution in [-0.4, -0.2) is 36.3 Å². The first-order chi connectivity index (χ1) is 21.6. The number of rotatable bonds is 10. The molecular formula is C37H39N3O5. The van der Waals surface area contributed by atoms with Crippen molar-refractivity contribution in [1.29, 1.82) is 0 Å². The van der Waals surface area contributed by atoms with Crippen molar-refractivity contribution in [3.05, 3.63) is 125 Å². The molecule has 0 aromatic heterocycles. The summed E-state index contributed by atoms with van der Waals surface area (Å²) in [7, 11) is 0. The number of hydrogen-bond donors (Lipinski definition) is 3. The number of nitrogens with one attached hydrogen (secondary N) is 3. The molecule has 4 aromatic carbocycles.